The van der Waals surface area contributed by atoms with Crippen LogP contribution in [0.3, 0.4) is 0 Å². The lowest BCUT2D eigenvalue weighted by molar-refractivity contribution is -0.142. The Morgan fingerprint density at radius 3 is 2.94 bits per heavy atom. The summed E-state index contributed by atoms with van der Waals surface area (Å²) >= 11 is 0. The maximum atomic E-state index is 11.8. The van der Waals surface area contributed by atoms with Crippen LogP contribution >= 0.6 is 0 Å². The lowest BCUT2D eigenvalue weighted by Gasteiger charge is -2.15. The lowest BCUT2D eigenvalue weighted by Crippen LogP contribution is -2.33. The number of rotatable bonds is 4. The zero-order chi connectivity index (χ0) is 13.1. The summed E-state index contributed by atoms with van der Waals surface area (Å²) in [6.07, 6.45) is 3.91. The highest BCUT2D eigenvalue weighted by Crippen LogP contribution is 2.31. The Morgan fingerprint density at radius 1 is 1.56 bits per heavy atom. The highest BCUT2D eigenvalue weighted by molar-refractivity contribution is 5.92. The van der Waals surface area contributed by atoms with Crippen LogP contribution in [0.2, 0.25) is 0 Å². The molecule has 6 heteroatoms. The standard InChI is InChI=1S/C12H16N2O4/c1-7-5-14-18-10(7)11(15)13-6-8-3-2-4-9(8)12(16)17/h5,8-9H,2-4,6H2,1H3,(H,13,15)(H,16,17). The van der Waals surface area contributed by atoms with Gasteiger partial charge in [0.15, 0.2) is 0 Å². The third kappa shape index (κ3) is 2.52. The lowest BCUT2D eigenvalue weighted by atomic mass is 9.96. The fourth-order valence-electron chi connectivity index (χ4n) is 2.42. The molecule has 0 radical (unpaired) electrons. The first-order valence-corrected chi connectivity index (χ1v) is 6.02. The molecule has 0 bridgehead atoms. The highest BCUT2D eigenvalue weighted by atomic mass is 16.5. The number of amides is 1. The average molecular weight is 252 g/mol. The first-order chi connectivity index (χ1) is 8.59. The summed E-state index contributed by atoms with van der Waals surface area (Å²) in [5, 5.41) is 15.3. The molecule has 1 aliphatic carbocycles. The zero-order valence-electron chi connectivity index (χ0n) is 10.2. The van der Waals surface area contributed by atoms with E-state index in [-0.39, 0.29) is 23.5 Å². The molecule has 0 aliphatic heterocycles. The van der Waals surface area contributed by atoms with Gasteiger partial charge in [0.05, 0.1) is 12.1 Å². The highest BCUT2D eigenvalue weighted by Gasteiger charge is 2.33. The molecular formula is C12H16N2O4. The van der Waals surface area contributed by atoms with E-state index in [0.29, 0.717) is 18.5 Å². The SMILES string of the molecule is Cc1cnoc1C(=O)NCC1CCCC1C(=O)O. The van der Waals surface area contributed by atoms with Crippen LogP contribution in [0.25, 0.3) is 0 Å². The van der Waals surface area contributed by atoms with E-state index in [0.717, 1.165) is 12.8 Å². The molecule has 2 N–H and O–H groups in total. The van der Waals surface area contributed by atoms with E-state index in [1.54, 1.807) is 6.92 Å². The van der Waals surface area contributed by atoms with Gasteiger partial charge < -0.3 is 14.9 Å². The normalized spacial score (nSPS) is 22.9. The molecule has 98 valence electrons. The van der Waals surface area contributed by atoms with Gasteiger partial charge in [0.2, 0.25) is 5.76 Å². The van der Waals surface area contributed by atoms with Crippen molar-refractivity contribution in [1.82, 2.24) is 10.5 Å². The van der Waals surface area contributed by atoms with Crippen molar-refractivity contribution in [3.8, 4) is 0 Å². The molecule has 1 amide bonds. The first kappa shape index (κ1) is 12.6. The number of hydrogen-bond donors (Lipinski definition) is 2. The average Bonchev–Trinajstić information content (AvgIpc) is 2.94. The van der Waals surface area contributed by atoms with Crippen LogP contribution in [0.5, 0.6) is 0 Å². The van der Waals surface area contributed by atoms with Crippen LogP contribution in [0.4, 0.5) is 0 Å². The summed E-state index contributed by atoms with van der Waals surface area (Å²) < 4.78 is 4.84. The van der Waals surface area contributed by atoms with Crippen molar-refractivity contribution in [1.29, 1.82) is 0 Å². The Hall–Kier alpha value is -1.85. The fraction of sp³-hybridized carbons (Fsp3) is 0.583. The van der Waals surface area contributed by atoms with E-state index >= 15 is 0 Å². The Morgan fingerprint density at radius 2 is 2.33 bits per heavy atom. The predicted octanol–water partition coefficient (Wildman–Crippen LogP) is 1.21. The second-order valence-corrected chi connectivity index (χ2v) is 4.68. The molecule has 0 aromatic carbocycles. The maximum Gasteiger partial charge on any atom is 0.306 e. The number of hydrogen-bond acceptors (Lipinski definition) is 4. The summed E-state index contributed by atoms with van der Waals surface area (Å²) in [4.78, 5) is 22.8. The van der Waals surface area contributed by atoms with Crippen molar-refractivity contribution in [3.05, 3.63) is 17.5 Å². The minimum Gasteiger partial charge on any atom is -0.481 e. The summed E-state index contributed by atoms with van der Waals surface area (Å²) in [7, 11) is 0. The minimum absolute atomic E-state index is 0.00896. The van der Waals surface area contributed by atoms with Crippen molar-refractivity contribution in [3.63, 3.8) is 0 Å². The largest absolute Gasteiger partial charge is 0.481 e. The van der Waals surface area contributed by atoms with Gasteiger partial charge in [0.25, 0.3) is 5.91 Å². The number of nitrogens with one attached hydrogen (secondary N) is 1. The Balaban J connectivity index is 1.90. The van der Waals surface area contributed by atoms with Crippen LogP contribution in [0.1, 0.15) is 35.4 Å². The molecule has 2 unspecified atom stereocenters. The number of carboxylic acids is 1. The van der Waals surface area contributed by atoms with Crippen molar-refractivity contribution in [2.75, 3.05) is 6.54 Å². The van der Waals surface area contributed by atoms with E-state index in [1.165, 1.54) is 6.20 Å². The van der Waals surface area contributed by atoms with Gasteiger partial charge in [-0.3, -0.25) is 9.59 Å². The third-order valence-corrected chi connectivity index (χ3v) is 3.46. The molecule has 6 nitrogen and oxygen atoms in total. The molecule has 1 aliphatic rings. The van der Waals surface area contributed by atoms with E-state index in [2.05, 4.69) is 10.5 Å². The molecule has 1 aromatic heterocycles. The van der Waals surface area contributed by atoms with E-state index < -0.39 is 5.97 Å². The van der Waals surface area contributed by atoms with Gasteiger partial charge in [-0.05, 0) is 25.7 Å². The molecule has 1 heterocycles. The summed E-state index contributed by atoms with van der Waals surface area (Å²) in [5.41, 5.74) is 0.675. The molecule has 0 spiro atoms. The molecule has 18 heavy (non-hydrogen) atoms. The number of carbonyl (C=O) groups is 2. The number of nitrogens with zero attached hydrogens (tertiary/aromatic N) is 1. The quantitative estimate of drug-likeness (QED) is 0.840. The van der Waals surface area contributed by atoms with Crippen LogP contribution in [0, 0.1) is 18.8 Å². The van der Waals surface area contributed by atoms with Gasteiger partial charge in [-0.15, -0.1) is 0 Å². The Bertz CT molecular complexity index is 455. The zero-order valence-corrected chi connectivity index (χ0v) is 10.2. The van der Waals surface area contributed by atoms with Gasteiger partial charge in [-0.25, -0.2) is 0 Å². The molecule has 1 fully saturated rings. The third-order valence-electron chi connectivity index (χ3n) is 3.46. The van der Waals surface area contributed by atoms with Crippen LogP contribution in [-0.4, -0.2) is 28.7 Å². The van der Waals surface area contributed by atoms with E-state index in [4.69, 9.17) is 9.63 Å². The van der Waals surface area contributed by atoms with Crippen molar-refractivity contribution in [2.24, 2.45) is 11.8 Å². The fourth-order valence-corrected chi connectivity index (χ4v) is 2.42. The van der Waals surface area contributed by atoms with Gasteiger partial charge in [0, 0.05) is 12.1 Å². The van der Waals surface area contributed by atoms with Crippen LogP contribution in [-0.2, 0) is 4.79 Å². The first-order valence-electron chi connectivity index (χ1n) is 6.02. The number of aromatic nitrogens is 1. The van der Waals surface area contributed by atoms with E-state index in [9.17, 15) is 9.59 Å². The smallest absolute Gasteiger partial charge is 0.306 e. The van der Waals surface area contributed by atoms with Gasteiger partial charge in [0.1, 0.15) is 0 Å². The topological polar surface area (TPSA) is 92.4 Å². The van der Waals surface area contributed by atoms with Gasteiger partial charge in [-0.1, -0.05) is 11.6 Å². The molecular weight excluding hydrogens is 236 g/mol. The molecule has 1 saturated carbocycles. The number of carbonyl (C=O) groups excluding carboxylic acids is 1. The van der Waals surface area contributed by atoms with Crippen LogP contribution in [0.15, 0.2) is 10.7 Å². The molecule has 2 atom stereocenters. The molecule has 1 aromatic rings. The molecule has 2 rings (SSSR count). The second-order valence-electron chi connectivity index (χ2n) is 4.68. The van der Waals surface area contributed by atoms with Crippen molar-refractivity contribution >= 4 is 11.9 Å². The van der Waals surface area contributed by atoms with Crippen molar-refractivity contribution in [2.45, 2.75) is 26.2 Å². The minimum atomic E-state index is -0.775. The number of aryl methyl sites for hydroxylation is 1. The number of carboxylic acid groups (broad SMARTS) is 1. The van der Waals surface area contributed by atoms with Gasteiger partial charge in [-0.2, -0.15) is 0 Å². The summed E-state index contributed by atoms with van der Waals surface area (Å²) in [6.45, 7) is 2.11. The number of aliphatic carboxylic acids is 1. The summed E-state index contributed by atoms with van der Waals surface area (Å²) in [5.74, 6) is -1.25. The monoisotopic (exact) mass is 252 g/mol. The van der Waals surface area contributed by atoms with Crippen molar-refractivity contribution < 1.29 is 19.2 Å². The van der Waals surface area contributed by atoms with E-state index in [1.807, 2.05) is 0 Å². The maximum absolute atomic E-state index is 11.8. The summed E-state index contributed by atoms with van der Waals surface area (Å²) in [6, 6.07) is 0. The Kier molecular flexibility index (Phi) is 3.64. The Labute approximate surface area is 104 Å². The molecule has 0 saturated heterocycles. The predicted molar refractivity (Wildman–Crippen MR) is 62.0 cm³/mol. The van der Waals surface area contributed by atoms with Crippen LogP contribution < -0.4 is 5.32 Å². The van der Waals surface area contributed by atoms with Gasteiger partial charge >= 0.3 is 5.97 Å². The second kappa shape index (κ2) is 5.20.